The van der Waals surface area contributed by atoms with Crippen molar-refractivity contribution in [1.82, 2.24) is 0 Å². The highest BCUT2D eigenvalue weighted by Crippen LogP contribution is 2.38. The van der Waals surface area contributed by atoms with Gasteiger partial charge in [-0.1, -0.05) is 48.6 Å². The number of hydrogen-bond acceptors (Lipinski definition) is 1. The van der Waals surface area contributed by atoms with E-state index in [4.69, 9.17) is 0 Å². The molecule has 0 saturated heterocycles. The Morgan fingerprint density at radius 3 is 3.07 bits per heavy atom. The van der Waals surface area contributed by atoms with Crippen molar-refractivity contribution in [2.75, 3.05) is 0 Å². The van der Waals surface area contributed by atoms with Crippen LogP contribution in [-0.2, 0) is 0 Å². The predicted octanol–water partition coefficient (Wildman–Crippen LogP) is 3.73. The van der Waals surface area contributed by atoms with Crippen LogP contribution in [0.5, 0.6) is 0 Å². The monoisotopic (exact) mass is 198 g/mol. The van der Waals surface area contributed by atoms with Gasteiger partial charge in [0.2, 0.25) is 0 Å². The van der Waals surface area contributed by atoms with Crippen LogP contribution >= 0.6 is 11.8 Å². The van der Waals surface area contributed by atoms with Gasteiger partial charge in [0.05, 0.1) is 5.25 Å². The lowest BCUT2D eigenvalue weighted by Crippen LogP contribution is -2.08. The summed E-state index contributed by atoms with van der Waals surface area (Å²) in [4.78, 5) is 0. The molecule has 1 unspecified atom stereocenters. The molecule has 1 aromatic rings. The summed E-state index contributed by atoms with van der Waals surface area (Å²) in [5.74, 6) is 0. The third-order valence-electron chi connectivity index (χ3n) is 2.61. The first-order valence-electron chi connectivity index (χ1n) is 4.75. The zero-order valence-corrected chi connectivity index (χ0v) is 8.50. The van der Waals surface area contributed by atoms with Crippen molar-refractivity contribution in [3.8, 4) is 0 Å². The first-order chi connectivity index (χ1) is 6.95. The van der Waals surface area contributed by atoms with Crippen molar-refractivity contribution in [3.63, 3.8) is 0 Å². The maximum atomic E-state index is 2.28. The van der Waals surface area contributed by atoms with Gasteiger partial charge >= 0.3 is 0 Å². The number of fused-ring (bicyclic) bond motifs is 3. The molecule has 0 N–H and O–H groups in total. The fraction of sp³-hybridized carbons (Fsp3) is 0.0769. The largest absolute Gasteiger partial charge is 0.122 e. The Morgan fingerprint density at radius 1 is 1.14 bits per heavy atom. The van der Waals surface area contributed by atoms with Crippen molar-refractivity contribution in [2.24, 2.45) is 0 Å². The van der Waals surface area contributed by atoms with Crippen molar-refractivity contribution in [1.29, 1.82) is 0 Å². The summed E-state index contributed by atoms with van der Waals surface area (Å²) in [6.07, 6.45) is 8.86. The summed E-state index contributed by atoms with van der Waals surface area (Å²) in [6, 6.07) is 8.58. The molecule has 0 saturated carbocycles. The van der Waals surface area contributed by atoms with Gasteiger partial charge in [0.15, 0.2) is 0 Å². The molecule has 0 amide bonds. The van der Waals surface area contributed by atoms with Gasteiger partial charge in [-0.05, 0) is 22.1 Å². The van der Waals surface area contributed by atoms with Gasteiger partial charge in [-0.2, -0.15) is 0 Å². The Hall–Kier alpha value is -1.21. The number of allylic oxidation sites excluding steroid dienone is 2. The van der Waals surface area contributed by atoms with E-state index < -0.39 is 0 Å². The lowest BCUT2D eigenvalue weighted by molar-refractivity contribution is 1.37. The molecule has 0 aromatic heterocycles. The SMILES string of the molecule is C1=CSC2C=Cc3ccccc3C2=C1. The highest BCUT2D eigenvalue weighted by Gasteiger charge is 2.19. The molecule has 14 heavy (non-hydrogen) atoms. The van der Waals surface area contributed by atoms with Gasteiger partial charge in [-0.15, -0.1) is 11.8 Å². The van der Waals surface area contributed by atoms with Crippen LogP contribution in [0.3, 0.4) is 0 Å². The third kappa shape index (κ3) is 1.17. The Bertz CT molecular complexity index is 452. The van der Waals surface area contributed by atoms with E-state index in [-0.39, 0.29) is 0 Å². The van der Waals surface area contributed by atoms with Gasteiger partial charge in [-0.25, -0.2) is 0 Å². The van der Waals surface area contributed by atoms with Crippen LogP contribution in [0.15, 0.2) is 47.9 Å². The van der Waals surface area contributed by atoms with Crippen molar-refractivity contribution < 1.29 is 0 Å². The standard InChI is InChI=1S/C13H10S/c1-2-5-11-10(4-1)7-8-13-12(11)6-3-9-14-13/h1-9,13H. The smallest absolute Gasteiger partial charge is 0.0527 e. The lowest BCUT2D eigenvalue weighted by Gasteiger charge is -2.23. The molecule has 0 radical (unpaired) electrons. The highest BCUT2D eigenvalue weighted by atomic mass is 32.2. The molecule has 1 atom stereocenters. The second-order valence-corrected chi connectivity index (χ2v) is 4.51. The number of benzene rings is 1. The van der Waals surface area contributed by atoms with Crippen LogP contribution in [0.25, 0.3) is 11.6 Å². The minimum Gasteiger partial charge on any atom is -0.122 e. The van der Waals surface area contributed by atoms with E-state index in [1.54, 1.807) is 0 Å². The maximum absolute atomic E-state index is 2.28. The minimum atomic E-state index is 0.523. The Balaban J connectivity index is 2.22. The van der Waals surface area contributed by atoms with E-state index in [0.29, 0.717) is 5.25 Å². The van der Waals surface area contributed by atoms with E-state index in [0.717, 1.165) is 0 Å². The second-order valence-electron chi connectivity index (χ2n) is 3.45. The lowest BCUT2D eigenvalue weighted by atomic mass is 9.91. The molecule has 1 aliphatic heterocycles. The van der Waals surface area contributed by atoms with Crippen LogP contribution in [0.4, 0.5) is 0 Å². The van der Waals surface area contributed by atoms with Gasteiger partial charge < -0.3 is 0 Å². The van der Waals surface area contributed by atoms with Crippen LogP contribution in [0.1, 0.15) is 11.1 Å². The first kappa shape index (κ1) is 8.13. The fourth-order valence-electron chi connectivity index (χ4n) is 1.93. The van der Waals surface area contributed by atoms with E-state index in [9.17, 15) is 0 Å². The number of hydrogen-bond donors (Lipinski definition) is 0. The maximum Gasteiger partial charge on any atom is 0.0527 e. The van der Waals surface area contributed by atoms with E-state index in [1.165, 1.54) is 16.7 Å². The molecule has 68 valence electrons. The predicted molar refractivity (Wildman–Crippen MR) is 64.0 cm³/mol. The van der Waals surface area contributed by atoms with Gasteiger partial charge in [0.1, 0.15) is 0 Å². The highest BCUT2D eigenvalue weighted by molar-refractivity contribution is 8.03. The summed E-state index contributed by atoms with van der Waals surface area (Å²) in [5.41, 5.74) is 4.17. The van der Waals surface area contributed by atoms with Crippen LogP contribution < -0.4 is 0 Å². The second kappa shape index (κ2) is 3.18. The van der Waals surface area contributed by atoms with Crippen molar-refractivity contribution in [2.45, 2.75) is 5.25 Å². The molecule has 0 nitrogen and oxygen atoms in total. The van der Waals surface area contributed by atoms with E-state index in [2.05, 4.69) is 54.0 Å². The van der Waals surface area contributed by atoms with Gasteiger partial charge in [-0.3, -0.25) is 0 Å². The molecule has 0 fully saturated rings. The summed E-state index contributed by atoms with van der Waals surface area (Å²) in [6.45, 7) is 0. The molecular weight excluding hydrogens is 188 g/mol. The fourth-order valence-corrected chi connectivity index (χ4v) is 2.79. The average Bonchev–Trinajstić information content (AvgIpc) is 2.29. The summed E-state index contributed by atoms with van der Waals surface area (Å²) < 4.78 is 0. The molecule has 1 heteroatoms. The number of rotatable bonds is 0. The summed E-state index contributed by atoms with van der Waals surface area (Å²) >= 11 is 1.88. The molecular formula is C13H10S. The van der Waals surface area contributed by atoms with Crippen molar-refractivity contribution >= 4 is 23.4 Å². The molecule has 1 heterocycles. The van der Waals surface area contributed by atoms with Crippen LogP contribution in [-0.4, -0.2) is 5.25 Å². The molecule has 2 aliphatic rings. The summed E-state index contributed by atoms with van der Waals surface area (Å²) in [5, 5.41) is 2.68. The summed E-state index contributed by atoms with van der Waals surface area (Å²) in [7, 11) is 0. The van der Waals surface area contributed by atoms with E-state index in [1.807, 2.05) is 11.8 Å². The molecule has 3 rings (SSSR count). The van der Waals surface area contributed by atoms with Gasteiger partial charge in [0.25, 0.3) is 0 Å². The van der Waals surface area contributed by atoms with Crippen LogP contribution in [0.2, 0.25) is 0 Å². The zero-order valence-electron chi connectivity index (χ0n) is 7.68. The minimum absolute atomic E-state index is 0.523. The Labute approximate surface area is 88.0 Å². The van der Waals surface area contributed by atoms with Crippen molar-refractivity contribution in [3.05, 3.63) is 59.0 Å². The van der Waals surface area contributed by atoms with Crippen LogP contribution in [0, 0.1) is 0 Å². The quantitative estimate of drug-likeness (QED) is 0.612. The molecule has 1 aliphatic carbocycles. The first-order valence-corrected chi connectivity index (χ1v) is 5.69. The molecule has 1 aromatic carbocycles. The zero-order chi connectivity index (χ0) is 9.38. The normalized spacial score (nSPS) is 22.6. The average molecular weight is 198 g/mol. The topological polar surface area (TPSA) is 0 Å². The third-order valence-corrected chi connectivity index (χ3v) is 3.63. The van der Waals surface area contributed by atoms with Gasteiger partial charge in [0, 0.05) is 0 Å². The molecule has 0 spiro atoms. The number of thioether (sulfide) groups is 1. The van der Waals surface area contributed by atoms with E-state index >= 15 is 0 Å². The Morgan fingerprint density at radius 2 is 2.07 bits per heavy atom. The Kier molecular flexibility index (Phi) is 1.84. The molecule has 0 bridgehead atoms.